The number of aromatic nitrogens is 3. The number of hydrogen-bond donors (Lipinski definition) is 1. The molecular formula is C17H21N5O3. The highest BCUT2D eigenvalue weighted by molar-refractivity contribution is 5.77. The maximum Gasteiger partial charge on any atom is 0.246 e. The lowest BCUT2D eigenvalue weighted by Crippen LogP contribution is -2.39. The Kier molecular flexibility index (Phi) is 5.39. The minimum Gasteiger partial charge on any atom is -0.372 e. The van der Waals surface area contributed by atoms with Gasteiger partial charge in [0.2, 0.25) is 11.8 Å². The number of nitrogens with one attached hydrogen (secondary N) is 1. The normalized spacial score (nSPS) is 13.6. The Morgan fingerprint density at radius 3 is 2.84 bits per heavy atom. The Hall–Kier alpha value is -2.74. The number of nitrogens with zero attached hydrogens (tertiary/aromatic N) is 4. The van der Waals surface area contributed by atoms with Crippen molar-refractivity contribution in [1.82, 2.24) is 25.2 Å². The third kappa shape index (κ3) is 4.21. The Balaban J connectivity index is 1.65. The molecule has 0 bridgehead atoms. The molecule has 0 aliphatic carbocycles. The van der Waals surface area contributed by atoms with Gasteiger partial charge in [-0.1, -0.05) is 35.5 Å². The number of fused-ring (bicyclic) bond motifs is 1. The van der Waals surface area contributed by atoms with E-state index in [9.17, 15) is 9.59 Å². The van der Waals surface area contributed by atoms with E-state index in [0.717, 1.165) is 11.3 Å². The van der Waals surface area contributed by atoms with Gasteiger partial charge < -0.3 is 15.0 Å². The average molecular weight is 343 g/mol. The maximum absolute atomic E-state index is 12.3. The fourth-order valence-corrected chi connectivity index (χ4v) is 2.68. The smallest absolute Gasteiger partial charge is 0.246 e. The summed E-state index contributed by atoms with van der Waals surface area (Å²) in [7, 11) is 0. The van der Waals surface area contributed by atoms with Crippen LogP contribution in [-0.4, -0.2) is 44.9 Å². The molecule has 1 aliphatic rings. The van der Waals surface area contributed by atoms with Crippen molar-refractivity contribution in [2.45, 2.75) is 33.1 Å². The molecule has 25 heavy (non-hydrogen) atoms. The largest absolute Gasteiger partial charge is 0.372 e. The lowest BCUT2D eigenvalue weighted by atomic mass is 10.1. The lowest BCUT2D eigenvalue weighted by Gasteiger charge is -2.27. The Morgan fingerprint density at radius 2 is 2.08 bits per heavy atom. The van der Waals surface area contributed by atoms with Gasteiger partial charge in [0.1, 0.15) is 18.8 Å². The second-order valence-electron chi connectivity index (χ2n) is 5.79. The molecule has 2 aromatic rings. The van der Waals surface area contributed by atoms with Crippen molar-refractivity contribution in [2.75, 3.05) is 13.2 Å². The number of ether oxygens (including phenoxy) is 1. The molecule has 1 aliphatic heterocycles. The summed E-state index contributed by atoms with van der Waals surface area (Å²) in [6, 6.07) is 9.84. The van der Waals surface area contributed by atoms with Crippen LogP contribution in [0, 0.1) is 0 Å². The Morgan fingerprint density at radius 1 is 1.28 bits per heavy atom. The highest BCUT2D eigenvalue weighted by atomic mass is 16.5. The first-order valence-electron chi connectivity index (χ1n) is 8.24. The summed E-state index contributed by atoms with van der Waals surface area (Å²) in [6.07, 6.45) is 0. The summed E-state index contributed by atoms with van der Waals surface area (Å²) in [5.74, 6) is -0.190. The third-order valence-electron chi connectivity index (χ3n) is 4.00. The van der Waals surface area contributed by atoms with Gasteiger partial charge in [-0.3, -0.25) is 9.59 Å². The minimum absolute atomic E-state index is 0.00758. The van der Waals surface area contributed by atoms with Crippen molar-refractivity contribution in [2.24, 2.45) is 0 Å². The molecule has 0 saturated heterocycles. The van der Waals surface area contributed by atoms with Crippen LogP contribution >= 0.6 is 0 Å². The predicted octanol–water partition coefficient (Wildman–Crippen LogP) is 0.473. The molecule has 3 rings (SSSR count). The summed E-state index contributed by atoms with van der Waals surface area (Å²) >= 11 is 0. The summed E-state index contributed by atoms with van der Waals surface area (Å²) in [6.45, 7) is 3.76. The molecule has 0 atom stereocenters. The zero-order valence-electron chi connectivity index (χ0n) is 14.1. The molecule has 0 saturated carbocycles. The monoisotopic (exact) mass is 343 g/mol. The van der Waals surface area contributed by atoms with Crippen LogP contribution in [0.1, 0.15) is 23.9 Å². The topological polar surface area (TPSA) is 89.3 Å². The molecule has 1 N–H and O–H groups in total. The van der Waals surface area contributed by atoms with Crippen LogP contribution in [0.25, 0.3) is 0 Å². The van der Waals surface area contributed by atoms with Crippen LogP contribution in [0.5, 0.6) is 0 Å². The highest BCUT2D eigenvalue weighted by Gasteiger charge is 2.27. The van der Waals surface area contributed by atoms with Crippen molar-refractivity contribution in [3.63, 3.8) is 0 Å². The zero-order valence-corrected chi connectivity index (χ0v) is 14.1. The number of amides is 2. The van der Waals surface area contributed by atoms with Gasteiger partial charge in [-0.05, 0) is 12.5 Å². The van der Waals surface area contributed by atoms with Crippen LogP contribution in [0.3, 0.4) is 0 Å². The quantitative estimate of drug-likeness (QED) is 0.789. The number of carbonyl (C=O) groups is 2. The molecule has 0 spiro atoms. The third-order valence-corrected chi connectivity index (χ3v) is 4.00. The fraction of sp³-hybridized carbons (Fsp3) is 0.412. The van der Waals surface area contributed by atoms with Gasteiger partial charge in [0.15, 0.2) is 0 Å². The van der Waals surface area contributed by atoms with E-state index in [1.807, 2.05) is 37.3 Å². The molecular weight excluding hydrogens is 322 g/mol. The number of hydrogen-bond acceptors (Lipinski definition) is 5. The second-order valence-corrected chi connectivity index (χ2v) is 5.79. The molecule has 0 fully saturated rings. The van der Waals surface area contributed by atoms with E-state index in [1.165, 1.54) is 0 Å². The SMILES string of the molecule is CCOCC(=O)NCc1nnn2c1CN(Cc1ccccc1)C(=O)C2. The first-order chi connectivity index (χ1) is 12.2. The molecule has 2 heterocycles. The minimum atomic E-state index is -0.198. The molecule has 0 unspecified atom stereocenters. The second kappa shape index (κ2) is 7.89. The van der Waals surface area contributed by atoms with E-state index in [1.54, 1.807) is 9.58 Å². The van der Waals surface area contributed by atoms with Crippen LogP contribution in [0.2, 0.25) is 0 Å². The summed E-state index contributed by atoms with van der Waals surface area (Å²) < 4.78 is 6.67. The number of benzene rings is 1. The average Bonchev–Trinajstić information content (AvgIpc) is 3.01. The van der Waals surface area contributed by atoms with Gasteiger partial charge in [-0.2, -0.15) is 0 Å². The van der Waals surface area contributed by atoms with Crippen LogP contribution in [-0.2, 0) is 40.5 Å². The molecule has 8 nitrogen and oxygen atoms in total. The molecule has 0 radical (unpaired) electrons. The van der Waals surface area contributed by atoms with E-state index < -0.39 is 0 Å². The Bertz CT molecular complexity index is 744. The molecule has 2 amide bonds. The van der Waals surface area contributed by atoms with Gasteiger partial charge in [0.25, 0.3) is 0 Å². The van der Waals surface area contributed by atoms with Crippen molar-refractivity contribution in [3.8, 4) is 0 Å². The van der Waals surface area contributed by atoms with E-state index in [-0.39, 0.29) is 31.5 Å². The highest BCUT2D eigenvalue weighted by Crippen LogP contribution is 2.18. The first-order valence-corrected chi connectivity index (χ1v) is 8.24. The fourth-order valence-electron chi connectivity index (χ4n) is 2.68. The van der Waals surface area contributed by atoms with E-state index >= 15 is 0 Å². The number of rotatable bonds is 7. The maximum atomic E-state index is 12.3. The van der Waals surface area contributed by atoms with Crippen LogP contribution in [0.15, 0.2) is 30.3 Å². The van der Waals surface area contributed by atoms with Crippen molar-refractivity contribution < 1.29 is 14.3 Å². The summed E-state index contributed by atoms with van der Waals surface area (Å²) in [5, 5.41) is 10.9. The van der Waals surface area contributed by atoms with E-state index in [0.29, 0.717) is 25.4 Å². The standard InChI is InChI=1S/C17H21N5O3/c1-2-25-12-16(23)18-8-14-15-10-21(9-13-6-4-3-5-7-13)17(24)11-22(15)20-19-14/h3-7H,2,8-12H2,1H3,(H,18,23). The van der Waals surface area contributed by atoms with E-state index in [4.69, 9.17) is 4.74 Å². The molecule has 8 heteroatoms. The van der Waals surface area contributed by atoms with Gasteiger partial charge >= 0.3 is 0 Å². The molecule has 1 aromatic heterocycles. The number of carbonyl (C=O) groups excluding carboxylic acids is 2. The Labute approximate surface area is 145 Å². The summed E-state index contributed by atoms with van der Waals surface area (Å²) in [4.78, 5) is 25.8. The van der Waals surface area contributed by atoms with Crippen molar-refractivity contribution in [1.29, 1.82) is 0 Å². The molecule has 1 aromatic carbocycles. The van der Waals surface area contributed by atoms with Gasteiger partial charge in [0, 0.05) is 13.2 Å². The zero-order chi connectivity index (χ0) is 17.6. The lowest BCUT2D eigenvalue weighted by molar-refractivity contribution is -0.135. The van der Waals surface area contributed by atoms with Gasteiger partial charge in [-0.25, -0.2) is 4.68 Å². The van der Waals surface area contributed by atoms with Crippen molar-refractivity contribution in [3.05, 3.63) is 47.3 Å². The van der Waals surface area contributed by atoms with Gasteiger partial charge in [0.05, 0.1) is 18.8 Å². The summed E-state index contributed by atoms with van der Waals surface area (Å²) in [5.41, 5.74) is 2.60. The van der Waals surface area contributed by atoms with Gasteiger partial charge in [-0.15, -0.1) is 5.10 Å². The first kappa shape index (κ1) is 17.1. The van der Waals surface area contributed by atoms with E-state index in [2.05, 4.69) is 15.6 Å². The predicted molar refractivity (Wildman–Crippen MR) is 89.1 cm³/mol. The van der Waals surface area contributed by atoms with Crippen LogP contribution in [0.4, 0.5) is 0 Å². The van der Waals surface area contributed by atoms with Crippen molar-refractivity contribution >= 4 is 11.8 Å². The van der Waals surface area contributed by atoms with Crippen LogP contribution < -0.4 is 5.32 Å². The molecule has 132 valence electrons.